The first-order chi connectivity index (χ1) is 33.9. The van der Waals surface area contributed by atoms with Gasteiger partial charge >= 0.3 is 0 Å². The van der Waals surface area contributed by atoms with Crippen LogP contribution in [0.1, 0.15) is 61.2 Å². The first-order valence-corrected chi connectivity index (χ1v) is 24.1. The number of allylic oxidation sites excluding steroid dienone is 4. The Balaban J connectivity index is 0.000000194. The van der Waals surface area contributed by atoms with E-state index in [9.17, 15) is 0 Å². The number of fused-ring (bicyclic) bond motifs is 4. The van der Waals surface area contributed by atoms with Crippen molar-refractivity contribution >= 4 is 44.4 Å². The number of nitrogens with two attached hydrogens (primary N) is 3. The second-order valence-electron chi connectivity index (χ2n) is 16.6. The van der Waals surface area contributed by atoms with Gasteiger partial charge in [0.1, 0.15) is 0 Å². The number of nitrogen functional groups attached to an aromatic ring is 1. The average molecular weight is 907 g/mol. The number of nitrogens with one attached hydrogen (secondary N) is 1. The van der Waals surface area contributed by atoms with Gasteiger partial charge in [-0.05, 0) is 120 Å². The third-order valence-corrected chi connectivity index (χ3v) is 12.3. The maximum absolute atomic E-state index is 6.56. The molecule has 2 heterocycles. The summed E-state index contributed by atoms with van der Waals surface area (Å²) in [5.74, 6) is 0. The third kappa shape index (κ3) is 11.0. The molecule has 1 aliphatic rings. The first kappa shape index (κ1) is 49.2. The van der Waals surface area contributed by atoms with Crippen LogP contribution in [-0.4, -0.2) is 11.6 Å². The lowest BCUT2D eigenvalue weighted by molar-refractivity contribution is 0.552. The van der Waals surface area contributed by atoms with Crippen LogP contribution in [-0.2, 0) is 13.0 Å². The van der Waals surface area contributed by atoms with Crippen molar-refractivity contribution in [1.29, 1.82) is 0 Å². The summed E-state index contributed by atoms with van der Waals surface area (Å²) in [6, 6.07) is 65.9. The standard InChI is InChI=1S/C32H28N4.C28H27N.C2H6.CH5N/c33-29-19-18-24(36-30-16-8-6-14-26(30)27-15-7-9-17-31(27)36)20-28(29)25-13-5-4-12-23(25)21-35-32(34)22-10-2-1-3-11-22;1-4-11-23-13-5-6-15-26(23)27-20-24(18-17-22(27)3)29-19-10-9-12-21(2)25-14-7-8-16-28(25)29;2*1-2/h1-20,32,35H,21,33-34H2;5-10,12-20H,2,4,11H2,1,3H3;1-2H3;2H2,1H3/b;12-9-,19-10-;;. The van der Waals surface area contributed by atoms with Crippen LogP contribution in [0, 0.1) is 6.92 Å². The van der Waals surface area contributed by atoms with E-state index >= 15 is 0 Å². The molecule has 69 heavy (non-hydrogen) atoms. The molecule has 6 heteroatoms. The molecule has 10 rings (SSSR count). The smallest absolute Gasteiger partial charge is 0.0812 e. The highest BCUT2D eigenvalue weighted by atomic mass is 15.1. The van der Waals surface area contributed by atoms with E-state index in [1.165, 1.54) is 51.1 Å². The molecule has 0 bridgehead atoms. The molecule has 0 fully saturated rings. The Hall–Kier alpha value is -7.74. The molecule has 1 aromatic heterocycles. The van der Waals surface area contributed by atoms with Crippen molar-refractivity contribution in [3.63, 3.8) is 0 Å². The molecular weight excluding hydrogens is 841 g/mol. The number of hydrogen-bond acceptors (Lipinski definition) is 5. The molecule has 0 saturated carbocycles. The zero-order valence-electron chi connectivity index (χ0n) is 40.7. The molecule has 0 spiro atoms. The largest absolute Gasteiger partial charge is 0.398 e. The number of nitrogens with zero attached hydrogens (tertiary/aromatic N) is 2. The van der Waals surface area contributed by atoms with Crippen LogP contribution in [0.5, 0.6) is 0 Å². The van der Waals surface area contributed by atoms with Gasteiger partial charge in [0.05, 0.1) is 22.9 Å². The van der Waals surface area contributed by atoms with Gasteiger partial charge in [-0.15, -0.1) is 0 Å². The van der Waals surface area contributed by atoms with Gasteiger partial charge in [-0.1, -0.05) is 185 Å². The Kier molecular flexibility index (Phi) is 17.0. The maximum atomic E-state index is 6.56. The lowest BCUT2D eigenvalue weighted by Gasteiger charge is -2.26. The Morgan fingerprint density at radius 1 is 0.565 bits per heavy atom. The van der Waals surface area contributed by atoms with E-state index in [0.29, 0.717) is 6.54 Å². The monoisotopic (exact) mass is 907 g/mol. The molecule has 1 unspecified atom stereocenters. The summed E-state index contributed by atoms with van der Waals surface area (Å²) in [7, 11) is 1.50. The van der Waals surface area contributed by atoms with Crippen LogP contribution in [0.15, 0.2) is 219 Å². The maximum Gasteiger partial charge on any atom is 0.0812 e. The van der Waals surface area contributed by atoms with E-state index in [1.807, 2.05) is 50.2 Å². The van der Waals surface area contributed by atoms with Gasteiger partial charge < -0.3 is 26.7 Å². The Labute approximate surface area is 409 Å². The minimum absolute atomic E-state index is 0.249. The number of hydrogen-bond donors (Lipinski definition) is 4. The van der Waals surface area contributed by atoms with Crippen molar-refractivity contribution in [1.82, 2.24) is 9.88 Å². The Morgan fingerprint density at radius 3 is 1.80 bits per heavy atom. The van der Waals surface area contributed by atoms with Gasteiger partial charge in [-0.2, -0.15) is 0 Å². The summed E-state index contributed by atoms with van der Waals surface area (Å²) in [4.78, 5) is 2.26. The zero-order chi connectivity index (χ0) is 48.7. The summed E-state index contributed by atoms with van der Waals surface area (Å²) in [6.07, 6.45) is 10.3. The summed E-state index contributed by atoms with van der Waals surface area (Å²) in [5, 5.41) is 5.95. The molecule has 1 atom stereocenters. The van der Waals surface area contributed by atoms with Gasteiger partial charge in [0.15, 0.2) is 0 Å². The van der Waals surface area contributed by atoms with E-state index in [-0.39, 0.29) is 6.17 Å². The van der Waals surface area contributed by atoms with Gasteiger partial charge in [0.2, 0.25) is 0 Å². The van der Waals surface area contributed by atoms with Gasteiger partial charge in [-0.25, -0.2) is 0 Å². The highest BCUT2D eigenvalue weighted by Gasteiger charge is 2.18. The Morgan fingerprint density at radius 2 is 1.12 bits per heavy atom. The number of rotatable bonds is 10. The summed E-state index contributed by atoms with van der Waals surface area (Å²) in [5.41, 5.74) is 35.8. The molecule has 348 valence electrons. The predicted octanol–water partition coefficient (Wildman–Crippen LogP) is 15.2. The number of benzene rings is 8. The SMILES string of the molecule is C=C1/C=C\C=C/N(c2ccc(C)c(-c3ccccc3CCC)c2)c2ccccc21.CC.CN.Nc1ccc(-n2c3ccccc3c3ccccc32)cc1-c1ccccc1CNC(N)c1ccccc1. The first-order valence-electron chi connectivity index (χ1n) is 24.1. The topological polar surface area (TPSA) is 98.3 Å². The van der Waals surface area contributed by atoms with E-state index in [2.05, 4.69) is 217 Å². The minimum Gasteiger partial charge on any atom is -0.398 e. The summed E-state index contributed by atoms with van der Waals surface area (Å²) < 4.78 is 2.32. The van der Waals surface area contributed by atoms with Gasteiger partial charge in [0, 0.05) is 51.7 Å². The molecule has 0 amide bonds. The van der Waals surface area contributed by atoms with Crippen LogP contribution >= 0.6 is 0 Å². The third-order valence-electron chi connectivity index (χ3n) is 12.3. The second kappa shape index (κ2) is 23.8. The summed E-state index contributed by atoms with van der Waals surface area (Å²) in [6.45, 7) is 13.3. The Bertz CT molecular complexity index is 3140. The highest BCUT2D eigenvalue weighted by Crippen LogP contribution is 2.39. The molecule has 8 aromatic carbocycles. The highest BCUT2D eigenvalue weighted by molar-refractivity contribution is 6.09. The van der Waals surface area contributed by atoms with E-state index in [0.717, 1.165) is 69.0 Å². The lowest BCUT2D eigenvalue weighted by Crippen LogP contribution is -2.28. The fraction of sp³-hybridized carbons (Fsp3) is 0.143. The van der Waals surface area contributed by atoms with E-state index < -0.39 is 0 Å². The van der Waals surface area contributed by atoms with Crippen molar-refractivity contribution in [3.8, 4) is 27.9 Å². The van der Waals surface area contributed by atoms with Crippen LogP contribution in [0.25, 0.3) is 55.3 Å². The number of aryl methyl sites for hydroxylation is 2. The second-order valence-corrected chi connectivity index (χ2v) is 16.6. The lowest BCUT2D eigenvalue weighted by atomic mass is 9.93. The predicted molar refractivity (Wildman–Crippen MR) is 299 cm³/mol. The number of para-hydroxylation sites is 3. The molecule has 0 saturated heterocycles. The quantitative estimate of drug-likeness (QED) is 0.0809. The number of anilines is 3. The molecule has 1 aliphatic heterocycles. The van der Waals surface area contributed by atoms with E-state index in [4.69, 9.17) is 11.5 Å². The molecule has 0 radical (unpaired) electrons. The normalized spacial score (nSPS) is 13.0. The number of aromatic nitrogens is 1. The van der Waals surface area contributed by atoms with Crippen LogP contribution in [0.2, 0.25) is 0 Å². The van der Waals surface area contributed by atoms with Crippen molar-refractivity contribution < 1.29 is 0 Å². The zero-order valence-corrected chi connectivity index (χ0v) is 40.7. The molecule has 0 aliphatic carbocycles. The van der Waals surface area contributed by atoms with Crippen LogP contribution in [0.3, 0.4) is 0 Å². The molecule has 6 nitrogen and oxygen atoms in total. The van der Waals surface area contributed by atoms with Crippen molar-refractivity contribution in [3.05, 3.63) is 247 Å². The molecule has 9 aromatic rings. The summed E-state index contributed by atoms with van der Waals surface area (Å²) >= 11 is 0. The fourth-order valence-electron chi connectivity index (χ4n) is 9.03. The van der Waals surface area contributed by atoms with Crippen molar-refractivity contribution in [2.24, 2.45) is 11.5 Å². The van der Waals surface area contributed by atoms with Crippen LogP contribution < -0.4 is 27.4 Å². The van der Waals surface area contributed by atoms with Gasteiger partial charge in [-0.3, -0.25) is 5.32 Å². The van der Waals surface area contributed by atoms with Gasteiger partial charge in [0.25, 0.3) is 0 Å². The van der Waals surface area contributed by atoms with Crippen molar-refractivity contribution in [2.45, 2.75) is 53.2 Å². The van der Waals surface area contributed by atoms with Crippen LogP contribution in [0.4, 0.5) is 17.1 Å². The fourth-order valence-corrected chi connectivity index (χ4v) is 9.03. The molecule has 7 N–H and O–H groups in total. The minimum atomic E-state index is -0.249. The molecular formula is C63H66N6. The average Bonchev–Trinajstić information content (AvgIpc) is 3.74. The van der Waals surface area contributed by atoms with Crippen molar-refractivity contribution in [2.75, 3.05) is 17.7 Å². The van der Waals surface area contributed by atoms with E-state index in [1.54, 1.807) is 0 Å².